The summed E-state index contributed by atoms with van der Waals surface area (Å²) in [6.07, 6.45) is 3.78. The molecule has 0 aliphatic carbocycles. The number of benzene rings is 2. The number of nitrogens with one attached hydrogen (secondary N) is 2. The van der Waals surface area contributed by atoms with Crippen molar-refractivity contribution in [2.45, 2.75) is 13.3 Å². The SMILES string of the molecule is Cc1ccc(Oc2ccc(NC(=O)Cc3ccc4[nH]ccc4c3)nc2)cc1. The van der Waals surface area contributed by atoms with Crippen molar-refractivity contribution < 1.29 is 9.53 Å². The largest absolute Gasteiger partial charge is 0.456 e. The van der Waals surface area contributed by atoms with Crippen LogP contribution >= 0.6 is 0 Å². The molecular weight excluding hydrogens is 338 g/mol. The number of fused-ring (bicyclic) bond motifs is 1. The van der Waals surface area contributed by atoms with Gasteiger partial charge in [-0.15, -0.1) is 0 Å². The van der Waals surface area contributed by atoms with Crippen LogP contribution in [0.25, 0.3) is 10.9 Å². The Hall–Kier alpha value is -3.60. The molecule has 0 spiro atoms. The van der Waals surface area contributed by atoms with Gasteiger partial charge in [0.1, 0.15) is 17.3 Å². The van der Waals surface area contributed by atoms with Crippen molar-refractivity contribution in [3.05, 3.63) is 84.2 Å². The zero-order valence-corrected chi connectivity index (χ0v) is 14.9. The van der Waals surface area contributed by atoms with E-state index in [0.717, 1.165) is 22.2 Å². The number of aromatic amines is 1. The first-order valence-corrected chi connectivity index (χ1v) is 8.72. The predicted molar refractivity (Wildman–Crippen MR) is 106 cm³/mol. The summed E-state index contributed by atoms with van der Waals surface area (Å²) >= 11 is 0. The average molecular weight is 357 g/mol. The highest BCUT2D eigenvalue weighted by Crippen LogP contribution is 2.22. The van der Waals surface area contributed by atoms with E-state index in [0.29, 0.717) is 18.0 Å². The summed E-state index contributed by atoms with van der Waals surface area (Å²) in [5, 5.41) is 3.91. The minimum absolute atomic E-state index is 0.107. The van der Waals surface area contributed by atoms with Gasteiger partial charge in [-0.3, -0.25) is 4.79 Å². The van der Waals surface area contributed by atoms with Crippen LogP contribution < -0.4 is 10.1 Å². The molecule has 0 fully saturated rings. The van der Waals surface area contributed by atoms with Crippen LogP contribution in [0.3, 0.4) is 0 Å². The zero-order chi connectivity index (χ0) is 18.6. The molecule has 5 heteroatoms. The van der Waals surface area contributed by atoms with Gasteiger partial charge < -0.3 is 15.0 Å². The van der Waals surface area contributed by atoms with Gasteiger partial charge in [0, 0.05) is 11.7 Å². The number of ether oxygens (including phenoxy) is 1. The van der Waals surface area contributed by atoms with Gasteiger partial charge in [-0.1, -0.05) is 23.8 Å². The minimum atomic E-state index is -0.107. The summed E-state index contributed by atoms with van der Waals surface area (Å²) in [6.45, 7) is 2.03. The van der Waals surface area contributed by atoms with E-state index < -0.39 is 0 Å². The molecule has 27 heavy (non-hydrogen) atoms. The summed E-state index contributed by atoms with van der Waals surface area (Å²) in [7, 11) is 0. The lowest BCUT2D eigenvalue weighted by atomic mass is 10.1. The maximum absolute atomic E-state index is 12.3. The van der Waals surface area contributed by atoms with Gasteiger partial charge >= 0.3 is 0 Å². The molecule has 0 radical (unpaired) electrons. The lowest BCUT2D eigenvalue weighted by Crippen LogP contribution is -2.15. The van der Waals surface area contributed by atoms with Gasteiger partial charge in [-0.25, -0.2) is 4.98 Å². The van der Waals surface area contributed by atoms with E-state index in [9.17, 15) is 4.79 Å². The Morgan fingerprint density at radius 1 is 1.04 bits per heavy atom. The van der Waals surface area contributed by atoms with E-state index >= 15 is 0 Å². The molecule has 0 bridgehead atoms. The molecule has 0 atom stereocenters. The molecule has 5 nitrogen and oxygen atoms in total. The first kappa shape index (κ1) is 16.8. The van der Waals surface area contributed by atoms with Crippen molar-refractivity contribution >= 4 is 22.6 Å². The molecule has 4 aromatic rings. The van der Waals surface area contributed by atoms with Crippen molar-refractivity contribution in [1.82, 2.24) is 9.97 Å². The molecule has 0 aliphatic heterocycles. The number of hydrogen-bond donors (Lipinski definition) is 2. The van der Waals surface area contributed by atoms with Gasteiger partial charge in [0.05, 0.1) is 12.6 Å². The molecule has 0 saturated heterocycles. The van der Waals surface area contributed by atoms with Crippen molar-refractivity contribution in [1.29, 1.82) is 0 Å². The van der Waals surface area contributed by atoms with Crippen LogP contribution in [0.1, 0.15) is 11.1 Å². The first-order valence-electron chi connectivity index (χ1n) is 8.72. The van der Waals surface area contributed by atoms with Crippen LogP contribution in [0.15, 0.2) is 73.1 Å². The summed E-state index contributed by atoms with van der Waals surface area (Å²) < 4.78 is 5.74. The maximum atomic E-state index is 12.3. The molecular formula is C22H19N3O2. The average Bonchev–Trinajstić information content (AvgIpc) is 3.13. The molecule has 2 aromatic heterocycles. The second-order valence-corrected chi connectivity index (χ2v) is 6.42. The van der Waals surface area contributed by atoms with Gasteiger partial charge in [-0.2, -0.15) is 0 Å². The van der Waals surface area contributed by atoms with Crippen molar-refractivity contribution in [2.75, 3.05) is 5.32 Å². The Kier molecular flexibility index (Phi) is 4.58. The number of amides is 1. The number of nitrogens with zero attached hydrogens (tertiary/aromatic N) is 1. The highest BCUT2D eigenvalue weighted by atomic mass is 16.5. The Morgan fingerprint density at radius 2 is 1.85 bits per heavy atom. The summed E-state index contributed by atoms with van der Waals surface area (Å²) in [4.78, 5) is 19.7. The zero-order valence-electron chi connectivity index (χ0n) is 14.9. The number of H-pyrrole nitrogens is 1. The van der Waals surface area contributed by atoms with Crippen molar-refractivity contribution in [2.24, 2.45) is 0 Å². The van der Waals surface area contributed by atoms with E-state index in [1.165, 1.54) is 5.56 Å². The quantitative estimate of drug-likeness (QED) is 0.537. The molecule has 0 aliphatic rings. The van der Waals surface area contributed by atoms with E-state index in [1.807, 2.05) is 61.7 Å². The molecule has 2 aromatic carbocycles. The molecule has 0 unspecified atom stereocenters. The van der Waals surface area contributed by atoms with Gasteiger partial charge in [0.15, 0.2) is 0 Å². The summed E-state index contributed by atoms with van der Waals surface area (Å²) in [5.74, 6) is 1.76. The van der Waals surface area contributed by atoms with E-state index in [4.69, 9.17) is 4.74 Å². The fourth-order valence-electron chi connectivity index (χ4n) is 2.84. The van der Waals surface area contributed by atoms with Crippen LogP contribution in [0.5, 0.6) is 11.5 Å². The molecule has 0 saturated carbocycles. The van der Waals surface area contributed by atoms with Crippen LogP contribution in [0.2, 0.25) is 0 Å². The lowest BCUT2D eigenvalue weighted by molar-refractivity contribution is -0.115. The number of hydrogen-bond acceptors (Lipinski definition) is 3. The third-order valence-electron chi connectivity index (χ3n) is 4.24. The van der Waals surface area contributed by atoms with Crippen molar-refractivity contribution in [3.8, 4) is 11.5 Å². The lowest BCUT2D eigenvalue weighted by Gasteiger charge is -2.08. The first-order chi connectivity index (χ1) is 13.2. The van der Waals surface area contributed by atoms with Gasteiger partial charge in [0.25, 0.3) is 0 Å². The number of rotatable bonds is 5. The number of carbonyl (C=O) groups is 1. The van der Waals surface area contributed by atoms with Crippen LogP contribution in [-0.2, 0) is 11.2 Å². The number of aromatic nitrogens is 2. The van der Waals surface area contributed by atoms with Gasteiger partial charge in [0.2, 0.25) is 5.91 Å². The highest BCUT2D eigenvalue weighted by molar-refractivity contribution is 5.92. The summed E-state index contributed by atoms with van der Waals surface area (Å²) in [5.41, 5.74) is 3.19. The van der Waals surface area contributed by atoms with E-state index in [1.54, 1.807) is 18.3 Å². The number of carbonyl (C=O) groups excluding carboxylic acids is 1. The molecule has 134 valence electrons. The van der Waals surface area contributed by atoms with E-state index in [2.05, 4.69) is 15.3 Å². The third-order valence-corrected chi connectivity index (χ3v) is 4.24. The second kappa shape index (κ2) is 7.33. The standard InChI is InChI=1S/C22H19N3O2/c1-15-2-5-18(6-3-15)27-19-7-9-21(24-14-19)25-22(26)13-16-4-8-20-17(12-16)10-11-23-20/h2-12,14,23H,13H2,1H3,(H,24,25,26). The molecule has 4 rings (SSSR count). The van der Waals surface area contributed by atoms with Crippen LogP contribution in [0, 0.1) is 6.92 Å². The smallest absolute Gasteiger partial charge is 0.229 e. The third kappa shape index (κ3) is 4.15. The number of pyridine rings is 1. The number of aryl methyl sites for hydroxylation is 1. The molecule has 2 heterocycles. The fourth-order valence-corrected chi connectivity index (χ4v) is 2.84. The highest BCUT2D eigenvalue weighted by Gasteiger charge is 2.07. The summed E-state index contributed by atoms with van der Waals surface area (Å²) in [6, 6.07) is 19.2. The normalized spacial score (nSPS) is 10.7. The fraction of sp³-hybridized carbons (Fsp3) is 0.0909. The minimum Gasteiger partial charge on any atom is -0.456 e. The van der Waals surface area contributed by atoms with Crippen molar-refractivity contribution in [3.63, 3.8) is 0 Å². The van der Waals surface area contributed by atoms with Crippen LogP contribution in [-0.4, -0.2) is 15.9 Å². The van der Waals surface area contributed by atoms with Gasteiger partial charge in [-0.05, 0) is 60.3 Å². The topological polar surface area (TPSA) is 67.0 Å². The Morgan fingerprint density at radius 3 is 2.63 bits per heavy atom. The van der Waals surface area contributed by atoms with Crippen LogP contribution in [0.4, 0.5) is 5.82 Å². The maximum Gasteiger partial charge on any atom is 0.229 e. The second-order valence-electron chi connectivity index (χ2n) is 6.42. The monoisotopic (exact) mass is 357 g/mol. The Labute approximate surface area is 157 Å². The van der Waals surface area contributed by atoms with E-state index in [-0.39, 0.29) is 5.91 Å². The number of anilines is 1. The Bertz CT molecular complexity index is 1070. The predicted octanol–water partition coefficient (Wildman–Crippen LogP) is 4.84. The Balaban J connectivity index is 1.37. The molecule has 1 amide bonds. The molecule has 2 N–H and O–H groups in total.